The summed E-state index contributed by atoms with van der Waals surface area (Å²) in [4.78, 5) is 10.6. The lowest BCUT2D eigenvalue weighted by atomic mass is 10.2. The number of ether oxygens (including phenoxy) is 1. The molecule has 2 aliphatic heterocycles. The van der Waals surface area contributed by atoms with E-state index in [-0.39, 0.29) is 17.5 Å². The van der Waals surface area contributed by atoms with Crippen LogP contribution in [0.2, 0.25) is 0 Å². The predicted molar refractivity (Wildman–Crippen MR) is 102 cm³/mol. The normalized spacial score (nSPS) is 20.6. The van der Waals surface area contributed by atoms with Gasteiger partial charge in [0.1, 0.15) is 24.1 Å². The highest BCUT2D eigenvalue weighted by molar-refractivity contribution is 7.89. The molecule has 0 N–H and O–H groups in total. The molecule has 2 aromatic rings. The summed E-state index contributed by atoms with van der Waals surface area (Å²) < 4.78 is 46.7. The molecule has 28 heavy (non-hydrogen) atoms. The summed E-state index contributed by atoms with van der Waals surface area (Å²) in [5.74, 6) is 0.756. The Kier molecular flexibility index (Phi) is 5.20. The number of anilines is 1. The number of hydrogen-bond acceptors (Lipinski definition) is 6. The third-order valence-corrected chi connectivity index (χ3v) is 7.09. The minimum absolute atomic E-state index is 0.0328. The molecule has 4 rings (SSSR count). The van der Waals surface area contributed by atoms with Crippen molar-refractivity contribution in [1.29, 1.82) is 0 Å². The summed E-state index contributed by atoms with van der Waals surface area (Å²) in [5, 5.41) is 0. The van der Waals surface area contributed by atoms with Gasteiger partial charge >= 0.3 is 0 Å². The predicted octanol–water partition coefficient (Wildman–Crippen LogP) is 2.37. The van der Waals surface area contributed by atoms with Crippen molar-refractivity contribution in [2.45, 2.75) is 37.2 Å². The van der Waals surface area contributed by atoms with Gasteiger partial charge in [-0.2, -0.15) is 4.31 Å². The van der Waals surface area contributed by atoms with E-state index < -0.39 is 15.8 Å². The van der Waals surface area contributed by atoms with Gasteiger partial charge in [-0.1, -0.05) is 6.07 Å². The van der Waals surface area contributed by atoms with E-state index in [0.717, 1.165) is 37.8 Å². The summed E-state index contributed by atoms with van der Waals surface area (Å²) in [5.41, 5.74) is 0.416. The molecule has 0 bridgehead atoms. The average Bonchev–Trinajstić information content (AvgIpc) is 3.36. The first kappa shape index (κ1) is 19.1. The lowest BCUT2D eigenvalue weighted by Gasteiger charge is -2.19. The van der Waals surface area contributed by atoms with Crippen molar-refractivity contribution in [1.82, 2.24) is 14.3 Å². The van der Waals surface area contributed by atoms with Crippen molar-refractivity contribution in [3.63, 3.8) is 0 Å². The van der Waals surface area contributed by atoms with E-state index in [9.17, 15) is 12.8 Å². The second-order valence-electron chi connectivity index (χ2n) is 7.21. The Balaban J connectivity index is 1.44. The number of aryl methyl sites for hydroxylation is 1. The van der Waals surface area contributed by atoms with Crippen molar-refractivity contribution in [3.8, 4) is 5.88 Å². The summed E-state index contributed by atoms with van der Waals surface area (Å²) in [6.45, 7) is 4.08. The van der Waals surface area contributed by atoms with E-state index in [1.54, 1.807) is 13.0 Å². The van der Waals surface area contributed by atoms with Crippen LogP contribution in [0.5, 0.6) is 5.88 Å². The Morgan fingerprint density at radius 1 is 1.14 bits per heavy atom. The van der Waals surface area contributed by atoms with Gasteiger partial charge in [-0.25, -0.2) is 22.8 Å². The van der Waals surface area contributed by atoms with Crippen molar-refractivity contribution in [3.05, 3.63) is 42.0 Å². The van der Waals surface area contributed by atoms with Gasteiger partial charge in [0.2, 0.25) is 15.9 Å². The smallest absolute Gasteiger partial charge is 0.243 e. The van der Waals surface area contributed by atoms with Gasteiger partial charge in [-0.15, -0.1) is 0 Å². The monoisotopic (exact) mass is 406 g/mol. The largest absolute Gasteiger partial charge is 0.473 e. The molecule has 2 saturated heterocycles. The molecule has 0 spiro atoms. The second-order valence-corrected chi connectivity index (χ2v) is 9.15. The summed E-state index contributed by atoms with van der Waals surface area (Å²) in [6.07, 6.45) is 4.02. The van der Waals surface area contributed by atoms with Crippen LogP contribution in [0.3, 0.4) is 0 Å². The molecular formula is C19H23FN4O3S. The molecule has 7 nitrogen and oxygen atoms in total. The van der Waals surface area contributed by atoms with E-state index in [1.165, 1.54) is 22.8 Å². The molecule has 9 heteroatoms. The van der Waals surface area contributed by atoms with Crippen molar-refractivity contribution in [2.24, 2.45) is 0 Å². The summed E-state index contributed by atoms with van der Waals surface area (Å²) in [6, 6.07) is 5.80. The molecule has 1 aromatic heterocycles. The summed E-state index contributed by atoms with van der Waals surface area (Å²) >= 11 is 0. The van der Waals surface area contributed by atoms with Gasteiger partial charge in [0.15, 0.2) is 0 Å². The fraction of sp³-hybridized carbons (Fsp3) is 0.474. The molecule has 3 heterocycles. The van der Waals surface area contributed by atoms with Crippen LogP contribution < -0.4 is 9.64 Å². The van der Waals surface area contributed by atoms with Crippen molar-refractivity contribution < 1.29 is 17.5 Å². The third kappa shape index (κ3) is 3.81. The number of aromatic nitrogens is 2. The number of sulfonamides is 1. The maximum Gasteiger partial charge on any atom is 0.243 e. The fourth-order valence-corrected chi connectivity index (χ4v) is 5.08. The van der Waals surface area contributed by atoms with Crippen LogP contribution in [-0.4, -0.2) is 55.0 Å². The Bertz CT molecular complexity index is 963. The van der Waals surface area contributed by atoms with Crippen LogP contribution >= 0.6 is 0 Å². The highest BCUT2D eigenvalue weighted by Gasteiger charge is 2.34. The van der Waals surface area contributed by atoms with Crippen LogP contribution in [0.25, 0.3) is 0 Å². The molecule has 1 aromatic carbocycles. The minimum Gasteiger partial charge on any atom is -0.473 e. The van der Waals surface area contributed by atoms with Crippen LogP contribution in [0, 0.1) is 12.7 Å². The number of benzene rings is 1. The van der Waals surface area contributed by atoms with Crippen LogP contribution in [-0.2, 0) is 10.0 Å². The van der Waals surface area contributed by atoms with Crippen LogP contribution in [0.15, 0.2) is 35.5 Å². The molecule has 0 saturated carbocycles. The lowest BCUT2D eigenvalue weighted by Crippen LogP contribution is -2.31. The van der Waals surface area contributed by atoms with E-state index in [2.05, 4.69) is 14.9 Å². The quantitative estimate of drug-likeness (QED) is 0.759. The summed E-state index contributed by atoms with van der Waals surface area (Å²) in [7, 11) is -3.75. The molecule has 0 radical (unpaired) electrons. The van der Waals surface area contributed by atoms with Crippen LogP contribution in [0.1, 0.15) is 24.8 Å². The molecule has 1 unspecified atom stereocenters. The fourth-order valence-electron chi connectivity index (χ4n) is 3.58. The third-order valence-electron chi connectivity index (χ3n) is 5.23. The second kappa shape index (κ2) is 7.63. The molecule has 2 fully saturated rings. The average molecular weight is 406 g/mol. The first-order valence-corrected chi connectivity index (χ1v) is 10.9. The zero-order chi connectivity index (χ0) is 19.7. The Hall–Kier alpha value is -2.26. The van der Waals surface area contributed by atoms with E-state index >= 15 is 0 Å². The van der Waals surface area contributed by atoms with Crippen molar-refractivity contribution in [2.75, 3.05) is 31.1 Å². The standard InChI is InChI=1S/C19H23FN4O3S/c1-14-4-5-16(10-17(14)20)28(25,26)24-9-6-15(12-24)27-19-11-18(21-13-22-19)23-7-2-3-8-23/h4-5,10-11,13,15H,2-3,6-9,12H2,1H3. The van der Waals surface area contributed by atoms with Gasteiger partial charge in [-0.3, -0.25) is 0 Å². The minimum atomic E-state index is -3.75. The topological polar surface area (TPSA) is 75.6 Å². The zero-order valence-corrected chi connectivity index (χ0v) is 16.5. The molecule has 0 amide bonds. The molecular weight excluding hydrogens is 383 g/mol. The Labute approximate surface area is 164 Å². The molecule has 2 aliphatic rings. The molecule has 150 valence electrons. The highest BCUT2D eigenvalue weighted by atomic mass is 32.2. The van der Waals surface area contributed by atoms with E-state index in [0.29, 0.717) is 24.4 Å². The van der Waals surface area contributed by atoms with Gasteiger partial charge in [-0.05, 0) is 43.9 Å². The van der Waals surface area contributed by atoms with E-state index in [4.69, 9.17) is 4.74 Å². The number of hydrogen-bond donors (Lipinski definition) is 0. The van der Waals surface area contributed by atoms with E-state index in [1.807, 2.05) is 0 Å². The Morgan fingerprint density at radius 2 is 1.93 bits per heavy atom. The number of rotatable bonds is 5. The number of nitrogens with zero attached hydrogens (tertiary/aromatic N) is 4. The maximum absolute atomic E-state index is 13.8. The van der Waals surface area contributed by atoms with Gasteiger partial charge in [0, 0.05) is 25.7 Å². The maximum atomic E-state index is 13.8. The Morgan fingerprint density at radius 3 is 2.68 bits per heavy atom. The van der Waals surface area contributed by atoms with Crippen LogP contribution in [0.4, 0.5) is 10.2 Å². The van der Waals surface area contributed by atoms with Gasteiger partial charge in [0.25, 0.3) is 0 Å². The first-order chi connectivity index (χ1) is 13.4. The molecule has 0 aliphatic carbocycles. The zero-order valence-electron chi connectivity index (χ0n) is 15.7. The SMILES string of the molecule is Cc1ccc(S(=O)(=O)N2CCC(Oc3cc(N4CCCC4)ncn3)C2)cc1F. The van der Waals surface area contributed by atoms with Crippen molar-refractivity contribution >= 4 is 15.8 Å². The van der Waals surface area contributed by atoms with Gasteiger partial charge in [0.05, 0.1) is 11.4 Å². The highest BCUT2D eigenvalue weighted by Crippen LogP contribution is 2.26. The molecule has 1 atom stereocenters. The van der Waals surface area contributed by atoms with Gasteiger partial charge < -0.3 is 9.64 Å². The number of halogens is 1. The first-order valence-electron chi connectivity index (χ1n) is 9.43. The lowest BCUT2D eigenvalue weighted by molar-refractivity contribution is 0.206.